The van der Waals surface area contributed by atoms with Crippen LogP contribution in [0.15, 0.2) is 0 Å². The summed E-state index contributed by atoms with van der Waals surface area (Å²) < 4.78 is 4.93. The molecule has 3 atom stereocenters. The third-order valence-corrected chi connectivity index (χ3v) is 1.74. The third-order valence-electron chi connectivity index (χ3n) is 1.74. The minimum absolute atomic E-state index is 0.113. The maximum atomic E-state index is 8.94. The summed E-state index contributed by atoms with van der Waals surface area (Å²) in [6.07, 6.45) is 0.157. The molecule has 10 heavy (non-hydrogen) atoms. The van der Waals surface area contributed by atoms with Crippen molar-refractivity contribution in [3.05, 3.63) is 0 Å². The number of nitrogens with two attached hydrogens (primary N) is 1. The Hall–Kier alpha value is -0.160. The van der Waals surface area contributed by atoms with Crippen LogP contribution < -0.4 is 5.73 Å². The first-order chi connectivity index (χ1) is 4.74. The molecule has 1 aliphatic rings. The average Bonchev–Trinajstić information content (AvgIpc) is 1.94. The molecule has 1 fully saturated rings. The van der Waals surface area contributed by atoms with Gasteiger partial charge in [0.1, 0.15) is 0 Å². The summed E-state index contributed by atoms with van der Waals surface area (Å²) in [4.78, 5) is 0. The molecule has 0 amide bonds. The van der Waals surface area contributed by atoms with Crippen molar-refractivity contribution in [2.75, 3.05) is 6.61 Å². The Balaban J connectivity index is 2.38. The van der Waals surface area contributed by atoms with Gasteiger partial charge in [-0.2, -0.15) is 0 Å². The first kappa shape index (κ1) is 7.94. The second-order valence-electron chi connectivity index (χ2n) is 2.55. The third kappa shape index (κ3) is 1.67. The van der Waals surface area contributed by atoms with Gasteiger partial charge in [-0.1, -0.05) is 0 Å². The molecule has 4 heteroatoms. The van der Waals surface area contributed by atoms with Crippen molar-refractivity contribution in [1.82, 2.24) is 0 Å². The quantitative estimate of drug-likeness (QED) is 0.435. The summed E-state index contributed by atoms with van der Waals surface area (Å²) in [7, 11) is 0. The molecule has 0 spiro atoms. The summed E-state index contributed by atoms with van der Waals surface area (Å²) >= 11 is 0. The number of hydrogen-bond donors (Lipinski definition) is 3. The van der Waals surface area contributed by atoms with Crippen molar-refractivity contribution in [3.8, 4) is 0 Å². The van der Waals surface area contributed by atoms with E-state index in [1.54, 1.807) is 0 Å². The number of hydrogen-bond acceptors (Lipinski definition) is 4. The van der Waals surface area contributed by atoms with Crippen LogP contribution in [0, 0.1) is 0 Å². The predicted molar refractivity (Wildman–Crippen MR) is 35.2 cm³/mol. The summed E-state index contributed by atoms with van der Waals surface area (Å²) in [6.45, 7) is -0.113. The van der Waals surface area contributed by atoms with E-state index in [4.69, 9.17) is 20.7 Å². The zero-order chi connectivity index (χ0) is 7.56. The van der Waals surface area contributed by atoms with Crippen LogP contribution in [0.25, 0.3) is 0 Å². The smallest absolute Gasteiger partial charge is 0.155 e. The predicted octanol–water partition coefficient (Wildman–Crippen LogP) is -1.20. The van der Waals surface area contributed by atoms with Gasteiger partial charge in [0, 0.05) is 6.04 Å². The molecule has 1 saturated heterocycles. The van der Waals surface area contributed by atoms with E-state index in [1.165, 1.54) is 0 Å². The van der Waals surface area contributed by atoms with Gasteiger partial charge in [0.05, 0.1) is 12.7 Å². The van der Waals surface area contributed by atoms with E-state index < -0.39 is 6.29 Å². The van der Waals surface area contributed by atoms with E-state index in [2.05, 4.69) is 0 Å². The van der Waals surface area contributed by atoms with Gasteiger partial charge in [0.15, 0.2) is 6.29 Å². The Morgan fingerprint density at radius 1 is 1.50 bits per heavy atom. The molecular weight excluding hydrogens is 134 g/mol. The van der Waals surface area contributed by atoms with Gasteiger partial charge >= 0.3 is 0 Å². The highest BCUT2D eigenvalue weighted by molar-refractivity contribution is 4.77. The second-order valence-corrected chi connectivity index (χ2v) is 2.55. The molecule has 1 aliphatic heterocycles. The van der Waals surface area contributed by atoms with Gasteiger partial charge in [-0.25, -0.2) is 0 Å². The van der Waals surface area contributed by atoms with Crippen LogP contribution in [0.2, 0.25) is 0 Å². The number of aliphatic hydroxyl groups is 2. The number of rotatable bonds is 1. The van der Waals surface area contributed by atoms with Gasteiger partial charge in [-0.15, -0.1) is 0 Å². The van der Waals surface area contributed by atoms with Crippen LogP contribution in [0.4, 0.5) is 0 Å². The summed E-state index contributed by atoms with van der Waals surface area (Å²) in [5, 5.41) is 17.6. The monoisotopic (exact) mass is 147 g/mol. The van der Waals surface area contributed by atoms with Gasteiger partial charge < -0.3 is 20.7 Å². The lowest BCUT2D eigenvalue weighted by atomic mass is 10.0. The van der Waals surface area contributed by atoms with Crippen molar-refractivity contribution in [3.63, 3.8) is 0 Å². The van der Waals surface area contributed by atoms with Crippen LogP contribution in [0.1, 0.15) is 12.8 Å². The maximum absolute atomic E-state index is 8.94. The minimum atomic E-state index is -0.739. The van der Waals surface area contributed by atoms with Crippen LogP contribution >= 0.6 is 0 Å². The maximum Gasteiger partial charge on any atom is 0.155 e. The average molecular weight is 147 g/mol. The molecule has 1 heterocycles. The largest absolute Gasteiger partial charge is 0.394 e. The molecule has 0 saturated carbocycles. The van der Waals surface area contributed by atoms with Crippen molar-refractivity contribution in [2.45, 2.75) is 31.3 Å². The molecule has 4 nitrogen and oxygen atoms in total. The molecule has 0 aromatic rings. The molecule has 0 aromatic heterocycles. The molecule has 0 aromatic carbocycles. The van der Waals surface area contributed by atoms with Crippen molar-refractivity contribution < 1.29 is 14.9 Å². The zero-order valence-electron chi connectivity index (χ0n) is 5.73. The Bertz CT molecular complexity index is 109. The lowest BCUT2D eigenvalue weighted by Crippen LogP contribution is -2.46. The number of aliphatic hydroxyl groups excluding tert-OH is 2. The van der Waals surface area contributed by atoms with Crippen LogP contribution in [-0.4, -0.2) is 35.3 Å². The Labute approximate surface area is 59.6 Å². The van der Waals surface area contributed by atoms with Crippen LogP contribution in [0.3, 0.4) is 0 Å². The molecule has 0 aliphatic carbocycles. The summed E-state index contributed by atoms with van der Waals surface area (Å²) in [5.41, 5.74) is 5.56. The lowest BCUT2D eigenvalue weighted by Gasteiger charge is -2.30. The highest BCUT2D eigenvalue weighted by atomic mass is 16.6. The van der Waals surface area contributed by atoms with E-state index in [-0.39, 0.29) is 18.8 Å². The SMILES string of the molecule is N[C@@H]1CC[C@@H](O)O[C@@H]1CO. The Morgan fingerprint density at radius 3 is 2.70 bits per heavy atom. The van der Waals surface area contributed by atoms with Crippen LogP contribution in [0.5, 0.6) is 0 Å². The molecule has 0 bridgehead atoms. The second kappa shape index (κ2) is 3.30. The molecule has 0 unspecified atom stereocenters. The zero-order valence-corrected chi connectivity index (χ0v) is 5.73. The fourth-order valence-electron chi connectivity index (χ4n) is 1.07. The van der Waals surface area contributed by atoms with E-state index in [9.17, 15) is 0 Å². The molecular formula is C6H13NO3. The normalized spacial score (nSPS) is 41.7. The Morgan fingerprint density at radius 2 is 2.20 bits per heavy atom. The molecule has 60 valence electrons. The standard InChI is InChI=1S/C6H13NO3/c7-4-1-2-6(9)10-5(4)3-8/h4-6,8-9H,1-3,7H2/t4-,5-,6+/m1/s1. The van der Waals surface area contributed by atoms with Crippen molar-refractivity contribution in [1.29, 1.82) is 0 Å². The lowest BCUT2D eigenvalue weighted by molar-refractivity contribution is -0.178. The molecule has 0 radical (unpaired) electrons. The van der Waals surface area contributed by atoms with Crippen molar-refractivity contribution in [2.24, 2.45) is 5.73 Å². The van der Waals surface area contributed by atoms with E-state index in [0.29, 0.717) is 12.8 Å². The van der Waals surface area contributed by atoms with Gasteiger partial charge in [-0.3, -0.25) is 0 Å². The number of ether oxygens (including phenoxy) is 1. The fraction of sp³-hybridized carbons (Fsp3) is 1.00. The minimum Gasteiger partial charge on any atom is -0.394 e. The van der Waals surface area contributed by atoms with Crippen LogP contribution in [-0.2, 0) is 4.74 Å². The van der Waals surface area contributed by atoms with E-state index in [1.807, 2.05) is 0 Å². The first-order valence-corrected chi connectivity index (χ1v) is 3.44. The van der Waals surface area contributed by atoms with E-state index >= 15 is 0 Å². The van der Waals surface area contributed by atoms with Crippen molar-refractivity contribution >= 4 is 0 Å². The summed E-state index contributed by atoms with van der Waals surface area (Å²) in [5.74, 6) is 0. The summed E-state index contributed by atoms with van der Waals surface area (Å²) in [6, 6.07) is -0.131. The molecule has 4 N–H and O–H groups in total. The topological polar surface area (TPSA) is 75.7 Å². The highest BCUT2D eigenvalue weighted by Gasteiger charge is 2.26. The Kier molecular flexibility index (Phi) is 2.62. The van der Waals surface area contributed by atoms with Gasteiger partial charge in [0.2, 0.25) is 0 Å². The van der Waals surface area contributed by atoms with Gasteiger partial charge in [0.25, 0.3) is 0 Å². The van der Waals surface area contributed by atoms with E-state index in [0.717, 1.165) is 0 Å². The molecule has 1 rings (SSSR count). The fourth-order valence-corrected chi connectivity index (χ4v) is 1.07. The first-order valence-electron chi connectivity index (χ1n) is 3.44. The highest BCUT2D eigenvalue weighted by Crippen LogP contribution is 2.15. The van der Waals surface area contributed by atoms with Gasteiger partial charge in [-0.05, 0) is 12.8 Å².